The van der Waals surface area contributed by atoms with Gasteiger partial charge in [0.2, 0.25) is 0 Å². The highest BCUT2D eigenvalue weighted by molar-refractivity contribution is 5.53. The van der Waals surface area contributed by atoms with Crippen molar-refractivity contribution >= 4 is 5.82 Å². The van der Waals surface area contributed by atoms with Gasteiger partial charge in [-0.2, -0.15) is 0 Å². The molecular formula is C12H19N3O. The molecule has 1 aliphatic rings. The van der Waals surface area contributed by atoms with Gasteiger partial charge in [-0.05, 0) is 20.2 Å². The summed E-state index contributed by atoms with van der Waals surface area (Å²) in [6.07, 6.45) is 1.79. The van der Waals surface area contributed by atoms with Gasteiger partial charge < -0.3 is 15.0 Å². The summed E-state index contributed by atoms with van der Waals surface area (Å²) < 4.78 is 5.66. The maximum Gasteiger partial charge on any atom is 0.138 e. The Kier molecular flexibility index (Phi) is 3.29. The third kappa shape index (κ3) is 2.44. The third-order valence-corrected chi connectivity index (χ3v) is 2.81. The Morgan fingerprint density at radius 3 is 3.12 bits per heavy atom. The average Bonchev–Trinajstić information content (AvgIpc) is 2.60. The molecule has 0 amide bonds. The van der Waals surface area contributed by atoms with Crippen molar-refractivity contribution in [3.63, 3.8) is 0 Å². The van der Waals surface area contributed by atoms with E-state index in [1.807, 2.05) is 14.1 Å². The molecule has 16 heavy (non-hydrogen) atoms. The second-order valence-electron chi connectivity index (χ2n) is 4.54. The number of fused-ring (bicyclic) bond motifs is 1. The molecule has 4 nitrogen and oxygen atoms in total. The number of nitrogens with zero attached hydrogens (tertiary/aromatic N) is 2. The zero-order chi connectivity index (χ0) is 11.5. The van der Waals surface area contributed by atoms with E-state index in [1.165, 1.54) is 5.56 Å². The van der Waals surface area contributed by atoms with Crippen LogP contribution in [-0.4, -0.2) is 43.7 Å². The van der Waals surface area contributed by atoms with Crippen molar-refractivity contribution < 1.29 is 4.74 Å². The summed E-state index contributed by atoms with van der Waals surface area (Å²) in [5, 5.41) is 3.28. The van der Waals surface area contributed by atoms with E-state index >= 15 is 0 Å². The van der Waals surface area contributed by atoms with Crippen LogP contribution in [0.15, 0.2) is 12.3 Å². The largest absolute Gasteiger partial charge is 0.491 e. The van der Waals surface area contributed by atoms with Gasteiger partial charge >= 0.3 is 0 Å². The van der Waals surface area contributed by atoms with Crippen LogP contribution in [0.3, 0.4) is 0 Å². The monoisotopic (exact) mass is 221 g/mol. The highest BCUT2D eigenvalue weighted by atomic mass is 16.5. The van der Waals surface area contributed by atoms with Crippen molar-refractivity contribution in [2.75, 3.05) is 39.1 Å². The minimum atomic E-state index is 0.528. The van der Waals surface area contributed by atoms with Crippen molar-refractivity contribution in [2.24, 2.45) is 0 Å². The Balaban J connectivity index is 1.98. The fourth-order valence-electron chi connectivity index (χ4n) is 1.77. The molecule has 2 heterocycles. The smallest absolute Gasteiger partial charge is 0.138 e. The predicted octanol–water partition coefficient (Wildman–Crippen LogP) is 1.55. The van der Waals surface area contributed by atoms with Crippen LogP contribution in [0.4, 0.5) is 5.82 Å². The molecule has 0 aromatic carbocycles. The second-order valence-corrected chi connectivity index (χ2v) is 4.54. The molecule has 4 heteroatoms. The van der Waals surface area contributed by atoms with Gasteiger partial charge in [0.25, 0.3) is 0 Å². The molecule has 2 rings (SSSR count). The molecule has 0 radical (unpaired) electrons. The first kappa shape index (κ1) is 11.2. The quantitative estimate of drug-likeness (QED) is 0.837. The second kappa shape index (κ2) is 4.70. The van der Waals surface area contributed by atoms with E-state index in [2.05, 4.69) is 28.2 Å². The first-order valence-electron chi connectivity index (χ1n) is 5.68. The zero-order valence-electron chi connectivity index (χ0n) is 10.2. The van der Waals surface area contributed by atoms with Crippen LogP contribution in [0.5, 0.6) is 5.75 Å². The maximum atomic E-state index is 5.66. The van der Waals surface area contributed by atoms with Gasteiger partial charge in [0.1, 0.15) is 18.2 Å². The molecule has 1 aromatic heterocycles. The molecule has 1 unspecified atom stereocenters. The number of rotatable bonds is 4. The molecule has 1 N–H and O–H groups in total. The van der Waals surface area contributed by atoms with Crippen LogP contribution in [0.25, 0.3) is 0 Å². The molecule has 0 bridgehead atoms. The minimum Gasteiger partial charge on any atom is -0.491 e. The van der Waals surface area contributed by atoms with E-state index in [4.69, 9.17) is 4.74 Å². The van der Waals surface area contributed by atoms with Gasteiger partial charge in [0, 0.05) is 24.6 Å². The molecule has 1 aromatic rings. The molecule has 0 saturated carbocycles. The van der Waals surface area contributed by atoms with Crippen molar-refractivity contribution in [3.8, 4) is 5.75 Å². The van der Waals surface area contributed by atoms with Crippen molar-refractivity contribution in [2.45, 2.75) is 12.8 Å². The highest BCUT2D eigenvalue weighted by Crippen LogP contribution is 2.31. The number of nitrogens with one attached hydrogen (secondary N) is 1. The molecule has 0 saturated heterocycles. The molecule has 1 aliphatic heterocycles. The summed E-state index contributed by atoms with van der Waals surface area (Å²) >= 11 is 0. The summed E-state index contributed by atoms with van der Waals surface area (Å²) in [5.74, 6) is 2.41. The standard InChI is InChI=1S/C12H19N3O/c1-9-7-13-12-11(9)6-10(8-14-12)16-5-4-15(2)3/h6,8-9H,4-5,7H2,1-3H3,(H,13,14). The van der Waals surface area contributed by atoms with E-state index in [0.717, 1.165) is 24.7 Å². The average molecular weight is 221 g/mol. The first-order chi connectivity index (χ1) is 7.66. The van der Waals surface area contributed by atoms with E-state index in [9.17, 15) is 0 Å². The summed E-state index contributed by atoms with van der Waals surface area (Å²) in [4.78, 5) is 6.46. The van der Waals surface area contributed by atoms with Gasteiger partial charge in [-0.1, -0.05) is 6.92 Å². The van der Waals surface area contributed by atoms with Crippen molar-refractivity contribution in [3.05, 3.63) is 17.8 Å². The van der Waals surface area contributed by atoms with E-state index in [0.29, 0.717) is 12.5 Å². The zero-order valence-corrected chi connectivity index (χ0v) is 10.2. The maximum absolute atomic E-state index is 5.66. The Hall–Kier alpha value is -1.29. The van der Waals surface area contributed by atoms with Crippen molar-refractivity contribution in [1.29, 1.82) is 0 Å². The van der Waals surface area contributed by atoms with Gasteiger partial charge in [-0.3, -0.25) is 0 Å². The topological polar surface area (TPSA) is 37.4 Å². The van der Waals surface area contributed by atoms with Crippen LogP contribution in [0, 0.1) is 0 Å². The number of aromatic nitrogens is 1. The van der Waals surface area contributed by atoms with E-state index in [-0.39, 0.29) is 0 Å². The number of ether oxygens (including phenoxy) is 1. The molecule has 88 valence electrons. The van der Waals surface area contributed by atoms with E-state index < -0.39 is 0 Å². The van der Waals surface area contributed by atoms with Gasteiger partial charge in [-0.25, -0.2) is 4.98 Å². The summed E-state index contributed by atoms with van der Waals surface area (Å²) in [6.45, 7) is 4.80. The summed E-state index contributed by atoms with van der Waals surface area (Å²) in [7, 11) is 4.08. The summed E-state index contributed by atoms with van der Waals surface area (Å²) in [5.41, 5.74) is 1.27. The number of anilines is 1. The lowest BCUT2D eigenvalue weighted by atomic mass is 10.1. The number of hydrogen-bond donors (Lipinski definition) is 1. The van der Waals surface area contributed by atoms with Crippen LogP contribution in [0.2, 0.25) is 0 Å². The van der Waals surface area contributed by atoms with Crippen LogP contribution in [-0.2, 0) is 0 Å². The minimum absolute atomic E-state index is 0.528. The van der Waals surface area contributed by atoms with E-state index in [1.54, 1.807) is 6.20 Å². The normalized spacial score (nSPS) is 18.4. The van der Waals surface area contributed by atoms with Gasteiger partial charge in [0.05, 0.1) is 6.20 Å². The Bertz CT molecular complexity index is 365. The summed E-state index contributed by atoms with van der Waals surface area (Å²) in [6, 6.07) is 2.10. The van der Waals surface area contributed by atoms with Crippen molar-refractivity contribution in [1.82, 2.24) is 9.88 Å². The number of hydrogen-bond acceptors (Lipinski definition) is 4. The lowest BCUT2D eigenvalue weighted by Gasteiger charge is -2.11. The Labute approximate surface area is 96.6 Å². The molecule has 0 aliphatic carbocycles. The first-order valence-corrected chi connectivity index (χ1v) is 5.68. The lowest BCUT2D eigenvalue weighted by Crippen LogP contribution is -2.19. The highest BCUT2D eigenvalue weighted by Gasteiger charge is 2.19. The number of likely N-dealkylation sites (N-methyl/N-ethyl adjacent to an activating group) is 1. The van der Waals surface area contributed by atoms with Crippen LogP contribution < -0.4 is 10.1 Å². The molecule has 0 fully saturated rings. The molecular weight excluding hydrogens is 202 g/mol. The third-order valence-electron chi connectivity index (χ3n) is 2.81. The van der Waals surface area contributed by atoms with Gasteiger partial charge in [0.15, 0.2) is 0 Å². The fourth-order valence-corrected chi connectivity index (χ4v) is 1.77. The number of pyridine rings is 1. The van der Waals surface area contributed by atoms with Crippen LogP contribution >= 0.6 is 0 Å². The molecule has 1 atom stereocenters. The fraction of sp³-hybridized carbons (Fsp3) is 0.583. The Morgan fingerprint density at radius 1 is 1.56 bits per heavy atom. The Morgan fingerprint density at radius 2 is 2.38 bits per heavy atom. The van der Waals surface area contributed by atoms with Crippen LogP contribution in [0.1, 0.15) is 18.4 Å². The predicted molar refractivity (Wildman–Crippen MR) is 65.2 cm³/mol. The SMILES string of the molecule is CC1CNc2ncc(OCCN(C)C)cc21. The molecule has 0 spiro atoms. The van der Waals surface area contributed by atoms with Gasteiger partial charge in [-0.15, -0.1) is 0 Å². The lowest BCUT2D eigenvalue weighted by molar-refractivity contribution is 0.260.